The molecule has 0 aromatic heterocycles. The van der Waals surface area contributed by atoms with Crippen molar-refractivity contribution in [1.29, 1.82) is 0 Å². The molecule has 0 saturated carbocycles. The molecular formula is C7H5Cl2NO3S. The van der Waals surface area contributed by atoms with Crippen molar-refractivity contribution in [1.82, 2.24) is 0 Å². The van der Waals surface area contributed by atoms with Gasteiger partial charge in [0.05, 0.1) is 10.0 Å². The summed E-state index contributed by atoms with van der Waals surface area (Å²) >= 11 is 11.2. The fourth-order valence-corrected chi connectivity index (χ4v) is 2.23. The third kappa shape index (κ3) is 2.24. The molecule has 0 aliphatic heterocycles. The molecule has 0 amide bonds. The number of sulfonamides is 1. The summed E-state index contributed by atoms with van der Waals surface area (Å²) in [6.07, 6.45) is 0.455. The van der Waals surface area contributed by atoms with Gasteiger partial charge in [-0.25, -0.2) is 13.6 Å². The maximum atomic E-state index is 11.0. The molecule has 2 N–H and O–H groups in total. The summed E-state index contributed by atoms with van der Waals surface area (Å²) in [5, 5.41) is 4.66. The van der Waals surface area contributed by atoms with E-state index in [2.05, 4.69) is 0 Å². The highest BCUT2D eigenvalue weighted by Crippen LogP contribution is 2.29. The van der Waals surface area contributed by atoms with Gasteiger partial charge in [0.1, 0.15) is 11.2 Å². The van der Waals surface area contributed by atoms with Crippen LogP contribution in [-0.2, 0) is 10.0 Å². The Morgan fingerprint density at radius 3 is 2.29 bits per heavy atom. The summed E-state index contributed by atoms with van der Waals surface area (Å²) in [7, 11) is -3.96. The number of aldehydes is 1. The first kappa shape index (κ1) is 11.5. The third-order valence-corrected chi connectivity index (χ3v) is 3.31. The zero-order valence-electron chi connectivity index (χ0n) is 6.70. The second-order valence-corrected chi connectivity index (χ2v) is 4.79. The second kappa shape index (κ2) is 3.86. The van der Waals surface area contributed by atoms with Gasteiger partial charge in [-0.15, -0.1) is 0 Å². The fraction of sp³-hybridized carbons (Fsp3) is 0. The average molecular weight is 254 g/mol. The number of hydrogen-bond acceptors (Lipinski definition) is 3. The number of carbonyl (C=O) groups is 1. The largest absolute Gasteiger partial charge is 0.298 e. The molecule has 0 heterocycles. The minimum absolute atomic E-state index is 0.0275. The average Bonchev–Trinajstić information content (AvgIpc) is 2.07. The molecule has 0 saturated heterocycles. The highest BCUT2D eigenvalue weighted by atomic mass is 35.5. The summed E-state index contributed by atoms with van der Waals surface area (Å²) in [6, 6.07) is 2.32. The molecule has 7 heteroatoms. The number of nitrogens with two attached hydrogens (primary N) is 1. The summed E-state index contributed by atoms with van der Waals surface area (Å²) < 4.78 is 22.0. The van der Waals surface area contributed by atoms with Crippen LogP contribution in [0.5, 0.6) is 0 Å². The van der Waals surface area contributed by atoms with Crippen LogP contribution in [0.2, 0.25) is 10.0 Å². The van der Waals surface area contributed by atoms with Crippen LogP contribution in [0.15, 0.2) is 17.0 Å². The molecule has 14 heavy (non-hydrogen) atoms. The van der Waals surface area contributed by atoms with Crippen molar-refractivity contribution < 1.29 is 13.2 Å². The number of benzene rings is 1. The van der Waals surface area contributed by atoms with Gasteiger partial charge in [-0.2, -0.15) is 0 Å². The van der Waals surface area contributed by atoms with Crippen molar-refractivity contribution in [2.75, 3.05) is 0 Å². The van der Waals surface area contributed by atoms with Crippen LogP contribution >= 0.6 is 23.2 Å². The zero-order valence-corrected chi connectivity index (χ0v) is 9.03. The van der Waals surface area contributed by atoms with Crippen molar-refractivity contribution in [3.05, 3.63) is 27.7 Å². The highest BCUT2D eigenvalue weighted by Gasteiger charge is 2.16. The Morgan fingerprint density at radius 1 is 1.29 bits per heavy atom. The van der Waals surface area contributed by atoms with E-state index in [1.165, 1.54) is 6.07 Å². The summed E-state index contributed by atoms with van der Waals surface area (Å²) in [4.78, 5) is 10.1. The van der Waals surface area contributed by atoms with E-state index in [-0.39, 0.29) is 20.5 Å². The molecule has 0 spiro atoms. The molecule has 0 unspecified atom stereocenters. The Balaban J connectivity index is 3.58. The van der Waals surface area contributed by atoms with Crippen LogP contribution in [0.1, 0.15) is 10.4 Å². The predicted molar refractivity (Wildman–Crippen MR) is 53.2 cm³/mol. The SMILES string of the molecule is NS(=O)(=O)c1cc(C=O)cc(Cl)c1Cl. The van der Waals surface area contributed by atoms with E-state index < -0.39 is 10.0 Å². The Morgan fingerprint density at radius 2 is 1.86 bits per heavy atom. The molecule has 0 fully saturated rings. The zero-order chi connectivity index (χ0) is 10.9. The molecule has 0 aliphatic rings. The number of hydrogen-bond donors (Lipinski definition) is 1. The topological polar surface area (TPSA) is 77.2 Å². The quantitative estimate of drug-likeness (QED) is 0.811. The van der Waals surface area contributed by atoms with Crippen molar-refractivity contribution in [3.63, 3.8) is 0 Å². The molecule has 76 valence electrons. The Kier molecular flexibility index (Phi) is 3.16. The van der Waals surface area contributed by atoms with Gasteiger partial charge < -0.3 is 0 Å². The first-order chi connectivity index (χ1) is 6.36. The Hall–Kier alpha value is -0.620. The highest BCUT2D eigenvalue weighted by molar-refractivity contribution is 7.89. The van der Waals surface area contributed by atoms with Gasteiger partial charge in [0.25, 0.3) is 0 Å². The second-order valence-electron chi connectivity index (χ2n) is 2.48. The molecule has 4 nitrogen and oxygen atoms in total. The van der Waals surface area contributed by atoms with E-state index in [4.69, 9.17) is 28.3 Å². The lowest BCUT2D eigenvalue weighted by atomic mass is 10.2. The number of rotatable bonds is 2. The molecule has 0 radical (unpaired) electrons. The summed E-state index contributed by atoms with van der Waals surface area (Å²) in [5.74, 6) is 0. The maximum Gasteiger partial charge on any atom is 0.239 e. The van der Waals surface area contributed by atoms with Gasteiger partial charge >= 0.3 is 0 Å². The van der Waals surface area contributed by atoms with Crippen LogP contribution in [0.4, 0.5) is 0 Å². The molecule has 1 aromatic rings. The molecule has 1 rings (SSSR count). The van der Waals surface area contributed by atoms with E-state index in [1.807, 2.05) is 0 Å². The molecule has 0 aliphatic carbocycles. The molecule has 1 aromatic carbocycles. The fourth-order valence-electron chi connectivity index (χ4n) is 0.859. The first-order valence-electron chi connectivity index (χ1n) is 3.33. The van der Waals surface area contributed by atoms with E-state index in [1.54, 1.807) is 0 Å². The van der Waals surface area contributed by atoms with Gasteiger partial charge in [0, 0.05) is 5.56 Å². The Labute approximate surface area is 90.7 Å². The van der Waals surface area contributed by atoms with Gasteiger partial charge in [-0.3, -0.25) is 4.79 Å². The van der Waals surface area contributed by atoms with Crippen molar-refractivity contribution in [3.8, 4) is 0 Å². The van der Waals surface area contributed by atoms with Crippen molar-refractivity contribution in [2.45, 2.75) is 4.90 Å². The van der Waals surface area contributed by atoms with Crippen LogP contribution < -0.4 is 5.14 Å². The number of carbonyl (C=O) groups excluding carboxylic acids is 1. The van der Waals surface area contributed by atoms with Crippen LogP contribution in [-0.4, -0.2) is 14.7 Å². The van der Waals surface area contributed by atoms with Crippen molar-refractivity contribution in [2.24, 2.45) is 5.14 Å². The lowest BCUT2D eigenvalue weighted by Crippen LogP contribution is -2.13. The lowest BCUT2D eigenvalue weighted by Gasteiger charge is -2.04. The first-order valence-corrected chi connectivity index (χ1v) is 5.63. The molecule has 0 bridgehead atoms. The maximum absolute atomic E-state index is 11.0. The Bertz CT molecular complexity index is 484. The molecular weight excluding hydrogens is 249 g/mol. The lowest BCUT2D eigenvalue weighted by molar-refractivity contribution is 0.112. The predicted octanol–water partition coefficient (Wildman–Crippen LogP) is 1.45. The monoisotopic (exact) mass is 253 g/mol. The molecule has 0 atom stereocenters. The minimum Gasteiger partial charge on any atom is -0.298 e. The van der Waals surface area contributed by atoms with E-state index in [9.17, 15) is 13.2 Å². The summed E-state index contributed by atoms with van der Waals surface area (Å²) in [5.41, 5.74) is 0.100. The summed E-state index contributed by atoms with van der Waals surface area (Å²) in [6.45, 7) is 0. The number of halogens is 2. The minimum atomic E-state index is -3.96. The van der Waals surface area contributed by atoms with Crippen LogP contribution in [0.3, 0.4) is 0 Å². The number of primary sulfonamides is 1. The third-order valence-electron chi connectivity index (χ3n) is 1.46. The van der Waals surface area contributed by atoms with Gasteiger partial charge in [0.15, 0.2) is 0 Å². The van der Waals surface area contributed by atoms with Gasteiger partial charge in [0.2, 0.25) is 10.0 Å². The smallest absolute Gasteiger partial charge is 0.239 e. The van der Waals surface area contributed by atoms with E-state index >= 15 is 0 Å². The standard InChI is InChI=1S/C7H5Cl2NO3S/c8-5-1-4(3-11)2-6(7(5)9)14(10,12)13/h1-3H,(H2,10,12,13). The van der Waals surface area contributed by atoms with Gasteiger partial charge in [-0.1, -0.05) is 23.2 Å². The van der Waals surface area contributed by atoms with Crippen LogP contribution in [0.25, 0.3) is 0 Å². The van der Waals surface area contributed by atoms with Gasteiger partial charge in [-0.05, 0) is 12.1 Å². The normalized spacial score (nSPS) is 11.4. The van der Waals surface area contributed by atoms with E-state index in [0.717, 1.165) is 6.07 Å². The van der Waals surface area contributed by atoms with Crippen LogP contribution in [0, 0.1) is 0 Å². The van der Waals surface area contributed by atoms with Crippen molar-refractivity contribution >= 4 is 39.5 Å². The van der Waals surface area contributed by atoms with E-state index in [0.29, 0.717) is 6.29 Å².